The van der Waals surface area contributed by atoms with Gasteiger partial charge in [-0.15, -0.1) is 52.5 Å². The molecule has 0 bridgehead atoms. The first-order chi connectivity index (χ1) is 17.7. The smallest absolute Gasteiger partial charge is 0.819 e. The zero-order valence-corrected chi connectivity index (χ0v) is 33.6. The summed E-state index contributed by atoms with van der Waals surface area (Å²) in [5, 5.41) is 0. The SMILES string of the molecule is CCCCCCCOP([O-])(=S)[S-].CCCCCCCOP([O-])(=S)[S-].CCCCCCCOP([O-])(=S)[S-].O=S.[Mo+6]. The molecule has 0 heterocycles. The third kappa shape index (κ3) is 69.6. The van der Waals surface area contributed by atoms with Gasteiger partial charge in [0, 0.05) is 19.8 Å². The minimum absolute atomic E-state index is 0. The molecule has 18 heteroatoms. The zero-order valence-electron chi connectivity index (χ0n) is 23.2. The minimum atomic E-state index is -3.05. The van der Waals surface area contributed by atoms with Gasteiger partial charge in [-0.1, -0.05) is 97.8 Å². The van der Waals surface area contributed by atoms with Crippen LogP contribution in [0.25, 0.3) is 0 Å². The minimum Gasteiger partial charge on any atom is -0.819 e. The van der Waals surface area contributed by atoms with Gasteiger partial charge in [0.15, 0.2) is 12.5 Å². The molecule has 0 spiro atoms. The molecule has 0 aliphatic carbocycles. The Hall–Kier alpha value is 3.47. The second kappa shape index (κ2) is 37.7. The summed E-state index contributed by atoms with van der Waals surface area (Å²) in [6, 6.07) is 0. The largest absolute Gasteiger partial charge is 6.00 e. The summed E-state index contributed by atoms with van der Waals surface area (Å²) in [7, 11) is 0. The van der Waals surface area contributed by atoms with E-state index in [2.05, 4.69) is 105 Å². The molecule has 0 saturated carbocycles. The standard InChI is InChI=1S/3C7H17O2PS2.Mo.OS/c3*1-2-3-4-5-6-7-9-10(8,11)12;;1-2/h3*2-7H2,1H3,(H2,8,11,12);;/q;;;+6;/p-6. The molecule has 3 atom stereocenters. The summed E-state index contributed by atoms with van der Waals surface area (Å²) in [4.78, 5) is 32.1. The third-order valence-corrected chi connectivity index (χ3v) is 7.89. The van der Waals surface area contributed by atoms with E-state index in [0.29, 0.717) is 19.8 Å². The van der Waals surface area contributed by atoms with E-state index in [-0.39, 0.29) is 21.1 Å². The van der Waals surface area contributed by atoms with Crippen molar-refractivity contribution >= 4 is 102 Å². The van der Waals surface area contributed by atoms with Crippen LogP contribution in [0.4, 0.5) is 0 Å². The molecule has 0 amide bonds. The predicted octanol–water partition coefficient (Wildman–Crippen LogP) is 5.98. The van der Waals surface area contributed by atoms with Crippen LogP contribution in [0, 0.1) is 0 Å². The fraction of sp³-hybridized carbons (Fsp3) is 1.00. The van der Waals surface area contributed by atoms with Crippen molar-refractivity contribution in [2.45, 2.75) is 117 Å². The van der Waals surface area contributed by atoms with Gasteiger partial charge in [-0.25, -0.2) is 0 Å². The fourth-order valence-corrected chi connectivity index (χ4v) is 5.05. The van der Waals surface area contributed by atoms with Gasteiger partial charge in [0.1, 0.15) is 0 Å². The molecule has 0 aromatic carbocycles. The quantitative estimate of drug-likeness (QED) is 0.0586. The maximum Gasteiger partial charge on any atom is 6.00 e. The van der Waals surface area contributed by atoms with Gasteiger partial charge in [0.2, 0.25) is 0 Å². The first kappa shape index (κ1) is 52.0. The van der Waals surface area contributed by atoms with E-state index in [0.717, 1.165) is 38.5 Å². The second-order valence-electron chi connectivity index (χ2n) is 8.08. The summed E-state index contributed by atoms with van der Waals surface area (Å²) < 4.78 is 22.2. The number of hydrogen-bond acceptors (Lipinski definition) is 14. The molecule has 0 aliphatic rings. The second-order valence-corrected chi connectivity index (χ2v) is 22.3. The van der Waals surface area contributed by atoms with E-state index >= 15 is 0 Å². The van der Waals surface area contributed by atoms with Crippen molar-refractivity contribution in [1.82, 2.24) is 0 Å². The van der Waals surface area contributed by atoms with Gasteiger partial charge < -0.3 is 65.0 Å². The van der Waals surface area contributed by atoms with Gasteiger partial charge in [-0.3, -0.25) is 0 Å². The molecule has 0 aromatic heterocycles. The predicted molar refractivity (Wildman–Crippen MR) is 177 cm³/mol. The molecule has 7 nitrogen and oxygen atoms in total. The Morgan fingerprint density at radius 3 is 0.821 bits per heavy atom. The van der Waals surface area contributed by atoms with Crippen LogP contribution >= 0.6 is 17.1 Å². The van der Waals surface area contributed by atoms with Crippen molar-refractivity contribution in [1.29, 1.82) is 0 Å². The van der Waals surface area contributed by atoms with Gasteiger partial charge >= 0.3 is 21.1 Å². The number of hydrogen-bond donors (Lipinski definition) is 0. The van der Waals surface area contributed by atoms with Crippen LogP contribution < -0.4 is 14.7 Å². The van der Waals surface area contributed by atoms with Crippen LogP contribution in [0.5, 0.6) is 0 Å². The van der Waals surface area contributed by atoms with E-state index < -0.39 is 17.1 Å². The van der Waals surface area contributed by atoms with Crippen molar-refractivity contribution in [3.63, 3.8) is 0 Å². The number of rotatable bonds is 21. The van der Waals surface area contributed by atoms with Gasteiger partial charge in [0.05, 0.1) is 0 Å². The Morgan fingerprint density at radius 2 is 0.667 bits per heavy atom. The van der Waals surface area contributed by atoms with Crippen LogP contribution in [0.2, 0.25) is 0 Å². The van der Waals surface area contributed by atoms with Crippen molar-refractivity contribution in [2.75, 3.05) is 19.8 Å². The van der Waals surface area contributed by atoms with E-state index in [1.54, 1.807) is 0 Å². The normalized spacial score (nSPS) is 14.8. The molecule has 234 valence electrons. The number of unbranched alkanes of at least 4 members (excludes halogenated alkanes) is 12. The Balaban J connectivity index is -0.000000142. The molecule has 0 radical (unpaired) electrons. The summed E-state index contributed by atoms with van der Waals surface area (Å²) in [5.74, 6) is 0. The topological polar surface area (TPSA) is 114 Å². The van der Waals surface area contributed by atoms with Crippen LogP contribution in [0.15, 0.2) is 0 Å². The summed E-state index contributed by atoms with van der Waals surface area (Å²) >= 11 is 29.4. The van der Waals surface area contributed by atoms with E-state index in [1.165, 1.54) is 57.8 Å². The maximum absolute atomic E-state index is 10.7. The van der Waals surface area contributed by atoms with Crippen LogP contribution in [-0.4, -0.2) is 24.0 Å². The Labute approximate surface area is 289 Å². The molecule has 0 rings (SSSR count). The molecule has 0 aliphatic heterocycles. The molecule has 3 unspecified atom stereocenters. The summed E-state index contributed by atoms with van der Waals surface area (Å²) in [6.07, 6.45) is 17.1. The van der Waals surface area contributed by atoms with Gasteiger partial charge in [-0.2, -0.15) is 4.21 Å². The summed E-state index contributed by atoms with van der Waals surface area (Å²) in [5.41, 5.74) is -9.16. The molecule has 39 heavy (non-hydrogen) atoms. The molecular formula is C21H45MoO7P3S7. The first-order valence-corrected chi connectivity index (χ1v) is 24.1. The van der Waals surface area contributed by atoms with Crippen molar-refractivity contribution in [3.05, 3.63) is 0 Å². The third-order valence-electron chi connectivity index (χ3n) is 4.49. The molecule has 0 fully saturated rings. The first-order valence-electron chi connectivity index (χ1n) is 12.8. The van der Waals surface area contributed by atoms with Gasteiger partial charge in [-0.05, 0) is 19.3 Å². The van der Waals surface area contributed by atoms with Crippen LogP contribution in [0.3, 0.4) is 0 Å². The average Bonchev–Trinajstić information content (AvgIpc) is 2.81. The van der Waals surface area contributed by atoms with Gasteiger partial charge in [0.25, 0.3) is 0 Å². The average molecular weight is 823 g/mol. The van der Waals surface area contributed by atoms with Crippen molar-refractivity contribution < 1.29 is 53.5 Å². The maximum atomic E-state index is 10.7. The van der Waals surface area contributed by atoms with E-state index in [9.17, 15) is 14.7 Å². The van der Waals surface area contributed by atoms with Crippen molar-refractivity contribution in [3.8, 4) is 0 Å². The van der Waals surface area contributed by atoms with E-state index in [1.807, 2.05) is 0 Å². The Kier molecular flexibility index (Phi) is 50.2. The molecule has 0 N–H and O–H groups in total. The summed E-state index contributed by atoms with van der Waals surface area (Å²) in [6.45, 7) is 7.85. The van der Waals surface area contributed by atoms with Crippen LogP contribution in [-0.2, 0) is 119 Å². The van der Waals surface area contributed by atoms with Crippen LogP contribution in [0.1, 0.15) is 117 Å². The van der Waals surface area contributed by atoms with Crippen molar-refractivity contribution in [2.24, 2.45) is 0 Å². The molecule has 0 saturated heterocycles. The molecular weight excluding hydrogens is 778 g/mol. The van der Waals surface area contributed by atoms with E-state index in [4.69, 9.17) is 17.8 Å². The fourth-order valence-electron chi connectivity index (χ4n) is 2.65. The Bertz CT molecular complexity index is 546. The Morgan fingerprint density at radius 1 is 0.487 bits per heavy atom. The monoisotopic (exact) mass is 824 g/mol. The molecule has 0 aromatic rings. The zero-order chi connectivity index (χ0) is 30.3.